The molecule has 1 amide bonds. The van der Waals surface area contributed by atoms with Crippen molar-refractivity contribution in [3.05, 3.63) is 28.2 Å². The van der Waals surface area contributed by atoms with E-state index in [0.717, 1.165) is 47.3 Å². The highest BCUT2D eigenvalue weighted by atomic mass is 35.5. The fourth-order valence-corrected chi connectivity index (χ4v) is 6.86. The first-order valence-corrected chi connectivity index (χ1v) is 12.5. The molecule has 2 heterocycles. The van der Waals surface area contributed by atoms with E-state index in [-0.39, 0.29) is 24.2 Å². The normalized spacial score (nSPS) is 25.6. The summed E-state index contributed by atoms with van der Waals surface area (Å²) in [5.74, 6) is 0.369. The Kier molecular flexibility index (Phi) is 5.92. The zero-order chi connectivity index (χ0) is 19.7. The van der Waals surface area contributed by atoms with Gasteiger partial charge in [0.15, 0.2) is 0 Å². The van der Waals surface area contributed by atoms with Gasteiger partial charge >= 0.3 is 0 Å². The number of hydrogen-bond acceptors (Lipinski definition) is 5. The second-order valence-corrected chi connectivity index (χ2v) is 11.2. The summed E-state index contributed by atoms with van der Waals surface area (Å²) in [6.45, 7) is 0.394. The van der Waals surface area contributed by atoms with Crippen LogP contribution in [0.3, 0.4) is 0 Å². The number of halogens is 1. The summed E-state index contributed by atoms with van der Waals surface area (Å²) in [7, 11) is -3.26. The highest BCUT2D eigenvalue weighted by Gasteiger charge is 2.30. The van der Waals surface area contributed by atoms with Gasteiger partial charge < -0.3 is 5.32 Å². The van der Waals surface area contributed by atoms with Crippen LogP contribution in [0.5, 0.6) is 0 Å². The minimum atomic E-state index is -3.26. The van der Waals surface area contributed by atoms with Crippen LogP contribution in [0, 0.1) is 0 Å². The third kappa shape index (κ3) is 4.50. The Morgan fingerprint density at radius 1 is 1.25 bits per heavy atom. The lowest BCUT2D eigenvalue weighted by Gasteiger charge is -2.30. The summed E-state index contributed by atoms with van der Waals surface area (Å²) in [6.07, 6.45) is 5.23. The third-order valence-corrected chi connectivity index (χ3v) is 8.92. The Morgan fingerprint density at radius 2 is 2.04 bits per heavy atom. The second kappa shape index (κ2) is 8.26. The highest BCUT2D eigenvalue weighted by molar-refractivity contribution is 7.89. The van der Waals surface area contributed by atoms with Gasteiger partial charge in [0.1, 0.15) is 0 Å². The molecule has 1 saturated carbocycles. The molecule has 0 radical (unpaired) electrons. The average molecular weight is 442 g/mol. The molecule has 1 N–H and O–H groups in total. The van der Waals surface area contributed by atoms with E-state index in [1.165, 1.54) is 4.31 Å². The predicted octanol–water partition coefficient (Wildman–Crippen LogP) is 3.52. The van der Waals surface area contributed by atoms with Crippen LogP contribution in [0.2, 0.25) is 5.02 Å². The van der Waals surface area contributed by atoms with Gasteiger partial charge in [0.2, 0.25) is 15.9 Å². The van der Waals surface area contributed by atoms with Gasteiger partial charge in [-0.25, -0.2) is 13.4 Å². The van der Waals surface area contributed by atoms with Crippen LogP contribution in [0.1, 0.15) is 49.5 Å². The molecule has 0 spiro atoms. The number of sulfonamides is 1. The number of aromatic nitrogens is 1. The van der Waals surface area contributed by atoms with Crippen LogP contribution in [0.4, 0.5) is 0 Å². The molecule has 152 valence electrons. The Hall–Kier alpha value is -1.22. The Balaban J connectivity index is 1.30. The van der Waals surface area contributed by atoms with Crippen molar-refractivity contribution in [1.29, 1.82) is 0 Å². The Bertz CT molecular complexity index is 968. The van der Waals surface area contributed by atoms with Crippen molar-refractivity contribution in [2.24, 2.45) is 0 Å². The number of hydrogen-bond donors (Lipinski definition) is 1. The molecule has 9 heteroatoms. The van der Waals surface area contributed by atoms with E-state index < -0.39 is 10.0 Å². The number of amides is 1. The van der Waals surface area contributed by atoms with Crippen LogP contribution in [-0.2, 0) is 14.8 Å². The van der Waals surface area contributed by atoms with E-state index in [2.05, 4.69) is 5.32 Å². The minimum absolute atomic E-state index is 0.0547. The Labute approximate surface area is 174 Å². The minimum Gasteiger partial charge on any atom is -0.352 e. The van der Waals surface area contributed by atoms with E-state index in [4.69, 9.17) is 16.6 Å². The van der Waals surface area contributed by atoms with Crippen LogP contribution in [-0.4, -0.2) is 48.5 Å². The number of rotatable bonds is 4. The summed E-state index contributed by atoms with van der Waals surface area (Å²) in [6, 6.07) is 5.91. The van der Waals surface area contributed by atoms with E-state index in [1.54, 1.807) is 11.3 Å². The summed E-state index contributed by atoms with van der Waals surface area (Å²) < 4.78 is 26.5. The quantitative estimate of drug-likeness (QED) is 0.787. The van der Waals surface area contributed by atoms with Gasteiger partial charge in [0.05, 0.1) is 27.5 Å². The molecule has 2 fully saturated rings. The monoisotopic (exact) mass is 441 g/mol. The maximum Gasteiger partial charge on any atom is 0.235 e. The van der Waals surface area contributed by atoms with Crippen molar-refractivity contribution in [2.45, 2.75) is 50.5 Å². The molecule has 2 aromatic rings. The zero-order valence-electron chi connectivity index (χ0n) is 15.6. The fraction of sp³-hybridized carbons (Fsp3) is 0.579. The van der Waals surface area contributed by atoms with E-state index in [1.807, 2.05) is 18.2 Å². The zero-order valence-corrected chi connectivity index (χ0v) is 18.0. The van der Waals surface area contributed by atoms with Gasteiger partial charge in [-0.1, -0.05) is 11.6 Å². The van der Waals surface area contributed by atoms with Crippen molar-refractivity contribution in [1.82, 2.24) is 14.6 Å². The topological polar surface area (TPSA) is 79.4 Å². The predicted molar refractivity (Wildman–Crippen MR) is 112 cm³/mol. The molecule has 4 rings (SSSR count). The molecule has 0 bridgehead atoms. The third-order valence-electron chi connectivity index (χ3n) is 5.58. The lowest BCUT2D eigenvalue weighted by Crippen LogP contribution is -2.47. The van der Waals surface area contributed by atoms with Gasteiger partial charge in [-0.05, 0) is 56.7 Å². The van der Waals surface area contributed by atoms with Crippen LogP contribution in [0.15, 0.2) is 18.2 Å². The molecular formula is C19H24ClN3O3S2. The first-order chi connectivity index (χ1) is 13.4. The van der Waals surface area contributed by atoms with E-state index in [9.17, 15) is 13.2 Å². The van der Waals surface area contributed by atoms with Crippen LogP contribution < -0.4 is 5.32 Å². The molecule has 1 aromatic carbocycles. The molecule has 1 aliphatic heterocycles. The summed E-state index contributed by atoms with van der Waals surface area (Å²) >= 11 is 7.77. The molecule has 1 saturated heterocycles. The number of thiazole rings is 1. The van der Waals surface area contributed by atoms with Crippen molar-refractivity contribution >= 4 is 49.1 Å². The molecule has 6 nitrogen and oxygen atoms in total. The summed E-state index contributed by atoms with van der Waals surface area (Å²) in [5.41, 5.74) is 0.950. The number of nitrogens with one attached hydrogen (secondary N) is 1. The average Bonchev–Trinajstić information content (AvgIpc) is 3.07. The maximum atomic E-state index is 12.3. The second-order valence-electron chi connectivity index (χ2n) is 7.64. The molecule has 1 aliphatic carbocycles. The van der Waals surface area contributed by atoms with Crippen LogP contribution in [0.25, 0.3) is 10.2 Å². The molecule has 0 atom stereocenters. The van der Waals surface area contributed by atoms with Gasteiger partial charge in [-0.3, -0.25) is 4.79 Å². The van der Waals surface area contributed by atoms with Crippen molar-refractivity contribution < 1.29 is 13.2 Å². The molecule has 2 aliphatic rings. The largest absolute Gasteiger partial charge is 0.352 e. The van der Waals surface area contributed by atoms with Gasteiger partial charge in [0, 0.05) is 23.5 Å². The number of nitrogens with zero attached hydrogens (tertiary/aromatic N) is 2. The van der Waals surface area contributed by atoms with Crippen molar-refractivity contribution in [2.75, 3.05) is 18.8 Å². The summed E-state index contributed by atoms with van der Waals surface area (Å²) in [5, 5.41) is 4.87. The Morgan fingerprint density at radius 3 is 2.79 bits per heavy atom. The highest BCUT2D eigenvalue weighted by Crippen LogP contribution is 2.37. The number of fused-ring (bicyclic) bond motifs is 1. The maximum absolute atomic E-state index is 12.3. The van der Waals surface area contributed by atoms with Gasteiger partial charge in [-0.2, -0.15) is 4.31 Å². The van der Waals surface area contributed by atoms with Gasteiger partial charge in [-0.15, -0.1) is 11.3 Å². The van der Waals surface area contributed by atoms with Crippen molar-refractivity contribution in [3.63, 3.8) is 0 Å². The molecule has 1 aromatic heterocycles. The lowest BCUT2D eigenvalue weighted by molar-refractivity contribution is -0.122. The standard InChI is InChI=1S/C19H24ClN3O3S2/c20-14-5-8-17-16(11-14)22-19(27-17)13-3-6-15(7-4-13)21-18(24)12-23-9-1-2-10-28(23,25)26/h5,8,11,13,15H,1-4,6-7,9-10,12H2,(H,21,24). The molecular weight excluding hydrogens is 418 g/mol. The fourth-order valence-electron chi connectivity index (χ4n) is 4.03. The first kappa shape index (κ1) is 20.1. The van der Waals surface area contributed by atoms with Crippen molar-refractivity contribution in [3.8, 4) is 0 Å². The smallest absolute Gasteiger partial charge is 0.235 e. The lowest BCUT2D eigenvalue weighted by atomic mass is 9.86. The number of benzene rings is 1. The van der Waals surface area contributed by atoms with Crippen LogP contribution >= 0.6 is 22.9 Å². The SMILES string of the molecule is O=C(CN1CCCCS1(=O)=O)NC1CCC(c2nc3cc(Cl)ccc3s2)CC1. The molecule has 28 heavy (non-hydrogen) atoms. The van der Waals surface area contributed by atoms with Gasteiger partial charge in [0.25, 0.3) is 0 Å². The molecule has 0 unspecified atom stereocenters. The first-order valence-electron chi connectivity index (χ1n) is 9.74. The van der Waals surface area contributed by atoms with E-state index >= 15 is 0 Å². The summed E-state index contributed by atoms with van der Waals surface area (Å²) in [4.78, 5) is 17.1. The number of carbonyl (C=O) groups is 1. The van der Waals surface area contributed by atoms with E-state index in [0.29, 0.717) is 23.9 Å². The number of carbonyl (C=O) groups excluding carboxylic acids is 1.